The van der Waals surface area contributed by atoms with Crippen LogP contribution >= 0.6 is 0 Å². The molecule has 0 saturated carbocycles. The monoisotopic (exact) mass is 261 g/mol. The van der Waals surface area contributed by atoms with Gasteiger partial charge < -0.3 is 14.5 Å². The van der Waals surface area contributed by atoms with Crippen molar-refractivity contribution in [2.24, 2.45) is 0 Å². The maximum atomic E-state index is 11.7. The van der Waals surface area contributed by atoms with Crippen LogP contribution in [0.15, 0.2) is 30.6 Å². The molecule has 0 aliphatic heterocycles. The number of carbonyl (C=O) groups excluding carboxylic acids is 1. The van der Waals surface area contributed by atoms with Gasteiger partial charge in [-0.05, 0) is 39.8 Å². The summed E-state index contributed by atoms with van der Waals surface area (Å²) in [4.78, 5) is 16.1. The molecule has 0 bridgehead atoms. The van der Waals surface area contributed by atoms with E-state index in [2.05, 4.69) is 10.3 Å². The fourth-order valence-electron chi connectivity index (χ4n) is 1.72. The Kier molecular flexibility index (Phi) is 3.46. The predicted molar refractivity (Wildman–Crippen MR) is 73.0 cm³/mol. The van der Waals surface area contributed by atoms with Gasteiger partial charge in [-0.2, -0.15) is 0 Å². The summed E-state index contributed by atoms with van der Waals surface area (Å²) >= 11 is 0. The Balaban J connectivity index is 2.07. The van der Waals surface area contributed by atoms with Crippen LogP contribution in [0.4, 0.5) is 4.79 Å². The molecule has 2 aromatic heterocycles. The first-order valence-electron chi connectivity index (χ1n) is 6.28. The Hall–Kier alpha value is -2.04. The minimum absolute atomic E-state index is 0.199. The number of rotatable bonds is 2. The molecule has 5 heteroatoms. The van der Waals surface area contributed by atoms with E-state index in [9.17, 15) is 4.79 Å². The third-order valence-electron chi connectivity index (χ3n) is 2.56. The molecular formula is C14H19N3O2. The van der Waals surface area contributed by atoms with Crippen molar-refractivity contribution in [2.45, 2.75) is 39.3 Å². The van der Waals surface area contributed by atoms with Gasteiger partial charge in [-0.3, -0.25) is 0 Å². The Morgan fingerprint density at radius 1 is 1.42 bits per heavy atom. The molecule has 1 N–H and O–H groups in total. The van der Waals surface area contributed by atoms with E-state index in [4.69, 9.17) is 4.74 Å². The molecule has 0 aliphatic carbocycles. The summed E-state index contributed by atoms with van der Waals surface area (Å²) in [5.74, 6) is 0. The highest BCUT2D eigenvalue weighted by Crippen LogP contribution is 2.14. The fourth-order valence-corrected chi connectivity index (χ4v) is 1.72. The van der Waals surface area contributed by atoms with E-state index < -0.39 is 11.7 Å². The molecule has 1 atom stereocenters. The second-order valence-electron chi connectivity index (χ2n) is 5.50. The fraction of sp³-hybridized carbons (Fsp3) is 0.429. The molecule has 0 fully saturated rings. The van der Waals surface area contributed by atoms with Crippen LogP contribution in [0.1, 0.15) is 39.4 Å². The second-order valence-corrected chi connectivity index (χ2v) is 5.50. The van der Waals surface area contributed by atoms with Crippen LogP contribution in [0.2, 0.25) is 0 Å². The molecule has 0 saturated heterocycles. The van der Waals surface area contributed by atoms with Crippen LogP contribution in [0, 0.1) is 0 Å². The van der Waals surface area contributed by atoms with Gasteiger partial charge in [0.1, 0.15) is 11.2 Å². The van der Waals surface area contributed by atoms with Gasteiger partial charge in [-0.25, -0.2) is 9.78 Å². The third-order valence-corrected chi connectivity index (χ3v) is 2.56. The standard InChI is InChI=1S/C14H19N3O2/c1-10(15-13(18)19-14(2,3)4)11-9-17-8-6-5-7-12(17)16-11/h5-10H,1-4H3,(H,15,18). The average molecular weight is 261 g/mol. The van der Waals surface area contributed by atoms with Crippen LogP contribution < -0.4 is 5.32 Å². The number of imidazole rings is 1. The number of amides is 1. The molecule has 0 aliphatic rings. The summed E-state index contributed by atoms with van der Waals surface area (Å²) in [6.07, 6.45) is 3.39. The van der Waals surface area contributed by atoms with Gasteiger partial charge in [0.25, 0.3) is 0 Å². The summed E-state index contributed by atoms with van der Waals surface area (Å²) in [6, 6.07) is 5.58. The molecule has 0 radical (unpaired) electrons. The van der Waals surface area contributed by atoms with E-state index >= 15 is 0 Å². The molecule has 102 valence electrons. The Labute approximate surface area is 112 Å². The van der Waals surface area contributed by atoms with Crippen molar-refractivity contribution in [3.63, 3.8) is 0 Å². The normalized spacial score (nSPS) is 13.3. The van der Waals surface area contributed by atoms with Crippen LogP contribution in [0.3, 0.4) is 0 Å². The van der Waals surface area contributed by atoms with Gasteiger partial charge in [0.15, 0.2) is 0 Å². The first kappa shape index (κ1) is 13.4. The summed E-state index contributed by atoms with van der Waals surface area (Å²) in [5.41, 5.74) is 1.16. The lowest BCUT2D eigenvalue weighted by Crippen LogP contribution is -2.34. The third kappa shape index (κ3) is 3.47. The quantitative estimate of drug-likeness (QED) is 0.904. The van der Waals surface area contributed by atoms with Gasteiger partial charge in [-0.1, -0.05) is 6.07 Å². The van der Waals surface area contributed by atoms with E-state index in [0.29, 0.717) is 0 Å². The van der Waals surface area contributed by atoms with E-state index in [1.807, 2.05) is 62.7 Å². The smallest absolute Gasteiger partial charge is 0.408 e. The molecule has 0 spiro atoms. The van der Waals surface area contributed by atoms with Gasteiger partial charge >= 0.3 is 6.09 Å². The topological polar surface area (TPSA) is 55.6 Å². The average Bonchev–Trinajstić information content (AvgIpc) is 2.69. The minimum atomic E-state index is -0.497. The molecule has 2 heterocycles. The van der Waals surface area contributed by atoms with Crippen LogP contribution in [0.25, 0.3) is 5.65 Å². The lowest BCUT2D eigenvalue weighted by Gasteiger charge is -2.21. The van der Waals surface area contributed by atoms with Gasteiger partial charge in [0, 0.05) is 12.4 Å². The zero-order valence-electron chi connectivity index (χ0n) is 11.7. The highest BCUT2D eigenvalue weighted by molar-refractivity contribution is 5.68. The molecule has 1 unspecified atom stereocenters. The van der Waals surface area contributed by atoms with Crippen molar-refractivity contribution < 1.29 is 9.53 Å². The highest BCUT2D eigenvalue weighted by Gasteiger charge is 2.19. The number of aromatic nitrogens is 2. The Morgan fingerprint density at radius 3 is 2.79 bits per heavy atom. The number of ether oxygens (including phenoxy) is 1. The van der Waals surface area contributed by atoms with Crippen molar-refractivity contribution in [3.05, 3.63) is 36.3 Å². The maximum absolute atomic E-state index is 11.7. The van der Waals surface area contributed by atoms with Crippen molar-refractivity contribution in [2.75, 3.05) is 0 Å². The lowest BCUT2D eigenvalue weighted by molar-refractivity contribution is 0.0507. The van der Waals surface area contributed by atoms with E-state index in [0.717, 1.165) is 11.3 Å². The van der Waals surface area contributed by atoms with Gasteiger partial charge in [0.05, 0.1) is 11.7 Å². The number of fused-ring (bicyclic) bond motifs is 1. The molecule has 1 amide bonds. The number of hydrogen-bond acceptors (Lipinski definition) is 3. The number of pyridine rings is 1. The number of nitrogens with zero attached hydrogens (tertiary/aromatic N) is 2. The summed E-state index contributed by atoms with van der Waals surface area (Å²) < 4.78 is 7.14. The van der Waals surface area contributed by atoms with Crippen LogP contribution in [-0.4, -0.2) is 21.1 Å². The lowest BCUT2D eigenvalue weighted by atomic mass is 10.2. The molecule has 19 heavy (non-hydrogen) atoms. The molecule has 2 rings (SSSR count). The first-order chi connectivity index (χ1) is 8.85. The Morgan fingerprint density at radius 2 is 2.16 bits per heavy atom. The zero-order chi connectivity index (χ0) is 14.0. The van der Waals surface area contributed by atoms with Crippen LogP contribution in [-0.2, 0) is 4.74 Å². The van der Waals surface area contributed by atoms with Crippen molar-refractivity contribution in [1.82, 2.24) is 14.7 Å². The van der Waals surface area contributed by atoms with E-state index in [1.54, 1.807) is 0 Å². The minimum Gasteiger partial charge on any atom is -0.444 e. The molecule has 2 aromatic rings. The summed E-state index contributed by atoms with van der Waals surface area (Å²) in [7, 11) is 0. The number of nitrogens with one attached hydrogen (secondary N) is 1. The van der Waals surface area contributed by atoms with Crippen molar-refractivity contribution >= 4 is 11.7 Å². The number of hydrogen-bond donors (Lipinski definition) is 1. The SMILES string of the molecule is CC(NC(=O)OC(C)(C)C)c1cn2ccccc2n1. The second kappa shape index (κ2) is 4.91. The summed E-state index contributed by atoms with van der Waals surface area (Å²) in [5, 5.41) is 2.78. The van der Waals surface area contributed by atoms with E-state index in [1.165, 1.54) is 0 Å². The van der Waals surface area contributed by atoms with Gasteiger partial charge in [-0.15, -0.1) is 0 Å². The number of alkyl carbamates (subject to hydrolysis) is 1. The maximum Gasteiger partial charge on any atom is 0.408 e. The van der Waals surface area contributed by atoms with E-state index in [-0.39, 0.29) is 6.04 Å². The van der Waals surface area contributed by atoms with Gasteiger partial charge in [0.2, 0.25) is 0 Å². The van der Waals surface area contributed by atoms with Crippen molar-refractivity contribution in [1.29, 1.82) is 0 Å². The largest absolute Gasteiger partial charge is 0.444 e. The molecular weight excluding hydrogens is 242 g/mol. The predicted octanol–water partition coefficient (Wildman–Crippen LogP) is 2.92. The highest BCUT2D eigenvalue weighted by atomic mass is 16.6. The Bertz CT molecular complexity index is 551. The molecule has 5 nitrogen and oxygen atoms in total. The van der Waals surface area contributed by atoms with Crippen LogP contribution in [0.5, 0.6) is 0 Å². The molecule has 0 aromatic carbocycles. The number of carbonyl (C=O) groups is 1. The zero-order valence-corrected chi connectivity index (χ0v) is 11.7. The summed E-state index contributed by atoms with van der Waals surface area (Å²) in [6.45, 7) is 7.39. The first-order valence-corrected chi connectivity index (χ1v) is 6.28. The van der Waals surface area contributed by atoms with Crippen molar-refractivity contribution in [3.8, 4) is 0 Å².